The van der Waals surface area contributed by atoms with Crippen LogP contribution >= 0.6 is 7.82 Å². The fraction of sp³-hybridized carbons (Fsp3) is 0.776. The van der Waals surface area contributed by atoms with Crippen molar-refractivity contribution in [1.29, 1.82) is 0 Å². The molecule has 3 unspecified atom stereocenters. The van der Waals surface area contributed by atoms with Gasteiger partial charge in [-0.05, 0) is 77.0 Å². The van der Waals surface area contributed by atoms with Gasteiger partial charge in [0.05, 0.1) is 13.2 Å². The van der Waals surface area contributed by atoms with Crippen LogP contribution in [0.3, 0.4) is 0 Å². The SMILES string of the molecule is CCCCCC/C=C\C/C=C\CCCCCCCC(=O)OCC(COP(=O)(O)OCC(N)C(=O)O)OC(=O)CCCCCCCCCCC/C=C\C/C=C\CCCCCCC. The number of hydrogen-bond donors (Lipinski definition) is 3. The van der Waals surface area contributed by atoms with E-state index in [1.165, 1.54) is 96.3 Å². The van der Waals surface area contributed by atoms with Gasteiger partial charge in [-0.2, -0.15) is 0 Å². The van der Waals surface area contributed by atoms with Crippen molar-refractivity contribution in [2.75, 3.05) is 19.8 Å². The number of phosphoric ester groups is 1. The maximum Gasteiger partial charge on any atom is 0.472 e. The van der Waals surface area contributed by atoms with Gasteiger partial charge in [0.15, 0.2) is 6.10 Å². The van der Waals surface area contributed by atoms with Gasteiger partial charge in [-0.15, -0.1) is 0 Å². The van der Waals surface area contributed by atoms with Crippen LogP contribution in [-0.2, 0) is 37.5 Å². The summed E-state index contributed by atoms with van der Waals surface area (Å²) < 4.78 is 32.8. The van der Waals surface area contributed by atoms with E-state index >= 15 is 0 Å². The number of carboxylic acid groups (broad SMARTS) is 1. The zero-order valence-electron chi connectivity index (χ0n) is 38.5. The zero-order chi connectivity index (χ0) is 44.9. The van der Waals surface area contributed by atoms with Crippen LogP contribution in [0.25, 0.3) is 0 Å². The number of carbonyl (C=O) groups excluding carboxylic acids is 2. The molecular weight excluding hydrogens is 794 g/mol. The maximum absolute atomic E-state index is 12.7. The third kappa shape index (κ3) is 43.9. The second-order valence-electron chi connectivity index (χ2n) is 16.2. The van der Waals surface area contributed by atoms with Crippen LogP contribution in [0, 0.1) is 0 Å². The number of allylic oxidation sites excluding steroid dienone is 8. The third-order valence-electron chi connectivity index (χ3n) is 10.3. The number of carbonyl (C=O) groups is 3. The smallest absolute Gasteiger partial charge is 0.472 e. The Morgan fingerprint density at radius 1 is 0.508 bits per heavy atom. The Morgan fingerprint density at radius 3 is 1.30 bits per heavy atom. The van der Waals surface area contributed by atoms with Gasteiger partial charge in [-0.3, -0.25) is 23.4 Å². The van der Waals surface area contributed by atoms with E-state index in [2.05, 4.69) is 67.0 Å². The van der Waals surface area contributed by atoms with Crippen LogP contribution in [0.5, 0.6) is 0 Å². The summed E-state index contributed by atoms with van der Waals surface area (Å²) in [6, 6.07) is -1.53. The van der Waals surface area contributed by atoms with Gasteiger partial charge in [0.25, 0.3) is 0 Å². The van der Waals surface area contributed by atoms with Gasteiger partial charge in [0.2, 0.25) is 0 Å². The highest BCUT2D eigenvalue weighted by Crippen LogP contribution is 2.43. The molecule has 0 saturated carbocycles. The molecule has 61 heavy (non-hydrogen) atoms. The first-order valence-electron chi connectivity index (χ1n) is 24.2. The van der Waals surface area contributed by atoms with E-state index in [-0.39, 0.29) is 19.4 Å². The molecule has 0 aliphatic rings. The fourth-order valence-electron chi connectivity index (χ4n) is 6.48. The number of esters is 2. The molecule has 3 atom stereocenters. The number of unbranched alkanes of at least 4 members (excludes halogenated alkanes) is 23. The lowest BCUT2D eigenvalue weighted by Gasteiger charge is -2.20. The monoisotopic (exact) mass is 882 g/mol. The van der Waals surface area contributed by atoms with Crippen molar-refractivity contribution in [3.63, 3.8) is 0 Å². The summed E-state index contributed by atoms with van der Waals surface area (Å²) in [6.45, 7) is 2.77. The van der Waals surface area contributed by atoms with Gasteiger partial charge in [-0.1, -0.05) is 172 Å². The molecule has 0 aromatic carbocycles. The molecule has 0 radical (unpaired) electrons. The van der Waals surface area contributed by atoms with Gasteiger partial charge in [-0.25, -0.2) is 4.57 Å². The Kier molecular flexibility index (Phi) is 42.2. The van der Waals surface area contributed by atoms with E-state index < -0.39 is 51.1 Å². The maximum atomic E-state index is 12.7. The van der Waals surface area contributed by atoms with Crippen LogP contribution in [0.4, 0.5) is 0 Å². The number of aliphatic carboxylic acids is 1. The molecule has 354 valence electrons. The van der Waals surface area contributed by atoms with E-state index in [0.29, 0.717) is 12.8 Å². The average molecular weight is 882 g/mol. The van der Waals surface area contributed by atoms with Crippen molar-refractivity contribution >= 4 is 25.7 Å². The zero-order valence-corrected chi connectivity index (χ0v) is 39.4. The first-order valence-corrected chi connectivity index (χ1v) is 25.7. The van der Waals surface area contributed by atoms with E-state index in [9.17, 15) is 23.8 Å². The molecule has 0 fully saturated rings. The van der Waals surface area contributed by atoms with Crippen LogP contribution in [0.1, 0.15) is 213 Å². The molecule has 12 heteroatoms. The second-order valence-corrected chi connectivity index (χ2v) is 17.7. The molecule has 0 bridgehead atoms. The van der Waals surface area contributed by atoms with Crippen molar-refractivity contribution in [2.45, 2.75) is 225 Å². The standard InChI is InChI=1S/C49H88NO10P/c1-3-5-7-9-11-13-15-17-19-21-22-23-24-25-27-29-31-33-35-37-39-41-48(52)60-45(43-58-61(55,56)59-44-46(50)49(53)54)42-57-47(51)40-38-36-34-32-30-28-26-20-18-16-14-12-10-8-6-4-2/h14-17,20-22,26,45-46H,3-13,18-19,23-25,27-44,50H2,1-2H3,(H,53,54)(H,55,56)/b16-14-,17-15-,22-21-,26-20-. The summed E-state index contributed by atoms with van der Waals surface area (Å²) in [5.74, 6) is -2.40. The summed E-state index contributed by atoms with van der Waals surface area (Å²) >= 11 is 0. The van der Waals surface area contributed by atoms with Gasteiger partial charge in [0.1, 0.15) is 12.6 Å². The normalized spacial score (nSPS) is 14.0. The Hall–Kier alpha value is -2.56. The lowest BCUT2D eigenvalue weighted by molar-refractivity contribution is -0.161. The Bertz CT molecular complexity index is 1220. The fourth-order valence-corrected chi connectivity index (χ4v) is 7.26. The van der Waals surface area contributed by atoms with Crippen molar-refractivity contribution in [3.8, 4) is 0 Å². The number of nitrogens with two attached hydrogens (primary N) is 1. The number of phosphoric acid groups is 1. The highest BCUT2D eigenvalue weighted by Gasteiger charge is 2.28. The first kappa shape index (κ1) is 58.4. The van der Waals surface area contributed by atoms with Crippen LogP contribution in [0.2, 0.25) is 0 Å². The topological polar surface area (TPSA) is 172 Å². The molecule has 11 nitrogen and oxygen atoms in total. The molecular formula is C49H88NO10P. The van der Waals surface area contributed by atoms with Gasteiger partial charge < -0.3 is 25.2 Å². The lowest BCUT2D eigenvalue weighted by atomic mass is 10.1. The minimum atomic E-state index is -4.72. The first-order chi connectivity index (χ1) is 29.6. The third-order valence-corrected chi connectivity index (χ3v) is 11.3. The predicted octanol–water partition coefficient (Wildman–Crippen LogP) is 13.3. The highest BCUT2D eigenvalue weighted by atomic mass is 31.2. The number of carboxylic acids is 1. The largest absolute Gasteiger partial charge is 0.480 e. The average Bonchev–Trinajstić information content (AvgIpc) is 3.24. The lowest BCUT2D eigenvalue weighted by Crippen LogP contribution is -2.34. The molecule has 0 saturated heterocycles. The molecule has 0 aromatic rings. The number of rotatable bonds is 45. The number of ether oxygens (including phenoxy) is 2. The van der Waals surface area contributed by atoms with Crippen molar-refractivity contribution in [2.24, 2.45) is 5.73 Å². The van der Waals surface area contributed by atoms with E-state index in [4.69, 9.17) is 24.8 Å². The second kappa shape index (κ2) is 44.1. The number of hydrogen-bond acceptors (Lipinski definition) is 9. The minimum absolute atomic E-state index is 0.152. The summed E-state index contributed by atoms with van der Waals surface area (Å²) in [4.78, 5) is 46.1. The van der Waals surface area contributed by atoms with E-state index in [1.54, 1.807) is 0 Å². The van der Waals surface area contributed by atoms with Crippen molar-refractivity contribution < 1.29 is 47.5 Å². The Balaban J connectivity index is 4.31. The Labute approximate surface area is 371 Å². The van der Waals surface area contributed by atoms with E-state index in [0.717, 1.165) is 77.0 Å². The minimum Gasteiger partial charge on any atom is -0.480 e. The molecule has 0 amide bonds. The van der Waals surface area contributed by atoms with Gasteiger partial charge in [0, 0.05) is 12.8 Å². The predicted molar refractivity (Wildman–Crippen MR) is 249 cm³/mol. The quantitative estimate of drug-likeness (QED) is 0.0230. The molecule has 0 spiro atoms. The summed E-state index contributed by atoms with van der Waals surface area (Å²) in [7, 11) is -4.72. The highest BCUT2D eigenvalue weighted by molar-refractivity contribution is 7.47. The van der Waals surface area contributed by atoms with E-state index in [1.807, 2.05) is 0 Å². The van der Waals surface area contributed by atoms with Crippen molar-refractivity contribution in [3.05, 3.63) is 48.6 Å². The summed E-state index contributed by atoms with van der Waals surface area (Å²) in [5.41, 5.74) is 5.34. The van der Waals surface area contributed by atoms with Crippen LogP contribution in [-0.4, -0.2) is 59.9 Å². The molecule has 0 heterocycles. The molecule has 4 N–H and O–H groups in total. The van der Waals surface area contributed by atoms with Gasteiger partial charge >= 0.3 is 25.7 Å². The Morgan fingerprint density at radius 2 is 0.869 bits per heavy atom. The molecule has 0 aromatic heterocycles. The molecule has 0 rings (SSSR count). The molecule has 0 aliphatic heterocycles. The summed E-state index contributed by atoms with van der Waals surface area (Å²) in [5, 5.41) is 8.91. The van der Waals surface area contributed by atoms with Crippen LogP contribution in [0.15, 0.2) is 48.6 Å². The van der Waals surface area contributed by atoms with Crippen molar-refractivity contribution in [1.82, 2.24) is 0 Å². The molecule has 0 aliphatic carbocycles. The van der Waals surface area contributed by atoms with Crippen LogP contribution < -0.4 is 5.73 Å². The summed E-state index contributed by atoms with van der Waals surface area (Å²) in [6.07, 6.45) is 50.2.